The summed E-state index contributed by atoms with van der Waals surface area (Å²) < 4.78 is -0.289. The molecular formula is C9H15IN2. The van der Waals surface area contributed by atoms with Gasteiger partial charge >= 0.3 is 0 Å². The summed E-state index contributed by atoms with van der Waals surface area (Å²) in [5.74, 6) is 1.56. The molecule has 0 bridgehead atoms. The lowest BCUT2D eigenvalue weighted by molar-refractivity contribution is 0.0465. The van der Waals surface area contributed by atoms with Crippen molar-refractivity contribution in [2.45, 2.75) is 24.3 Å². The molecule has 68 valence electrons. The monoisotopic (exact) mass is 278 g/mol. The topological polar surface area (TPSA) is 27.0 Å². The molecule has 0 aliphatic carbocycles. The van der Waals surface area contributed by atoms with Gasteiger partial charge < -0.3 is 0 Å². The summed E-state index contributed by atoms with van der Waals surface area (Å²) in [6, 6.07) is 2.32. The molecule has 0 N–H and O–H groups in total. The van der Waals surface area contributed by atoms with Gasteiger partial charge in [0, 0.05) is 13.1 Å². The maximum absolute atomic E-state index is 8.86. The van der Waals surface area contributed by atoms with Gasteiger partial charge in [0.1, 0.15) is 0 Å². The van der Waals surface area contributed by atoms with E-state index in [1.54, 1.807) is 0 Å². The Morgan fingerprint density at radius 3 is 2.42 bits per heavy atom. The number of rotatable bonds is 2. The van der Waals surface area contributed by atoms with Crippen LogP contribution in [0.4, 0.5) is 0 Å². The van der Waals surface area contributed by atoms with Crippen molar-refractivity contribution in [3.05, 3.63) is 0 Å². The number of halogens is 1. The third-order valence-corrected chi connectivity index (χ3v) is 3.57. The summed E-state index contributed by atoms with van der Waals surface area (Å²) in [6.07, 6.45) is 0. The van der Waals surface area contributed by atoms with Crippen molar-refractivity contribution in [2.75, 3.05) is 13.1 Å². The summed E-state index contributed by atoms with van der Waals surface area (Å²) in [7, 11) is 0. The average Bonchev–Trinajstić information content (AvgIpc) is 1.82. The van der Waals surface area contributed by atoms with Crippen LogP contribution in [0.25, 0.3) is 0 Å². The Morgan fingerprint density at radius 2 is 2.08 bits per heavy atom. The lowest BCUT2D eigenvalue weighted by Gasteiger charge is -2.46. The summed E-state index contributed by atoms with van der Waals surface area (Å²) in [5.41, 5.74) is 0. The fourth-order valence-electron chi connectivity index (χ4n) is 1.35. The standard InChI is InChI=1S/C9H15IN2/c1-7(2)8-4-12(5-8)9(3,10)6-11/h7-8H,4-5H2,1-3H3. The first-order chi connectivity index (χ1) is 5.47. The van der Waals surface area contributed by atoms with Crippen molar-refractivity contribution in [1.29, 1.82) is 5.26 Å². The molecule has 1 rings (SSSR count). The van der Waals surface area contributed by atoms with Gasteiger partial charge in [-0.05, 0) is 41.4 Å². The molecule has 0 aromatic heterocycles. The van der Waals surface area contributed by atoms with Gasteiger partial charge in [0.05, 0.1) is 6.07 Å². The molecule has 1 aliphatic heterocycles. The second-order valence-corrected chi connectivity index (χ2v) is 6.07. The van der Waals surface area contributed by atoms with Crippen molar-refractivity contribution in [2.24, 2.45) is 11.8 Å². The first kappa shape index (κ1) is 10.3. The van der Waals surface area contributed by atoms with Crippen LogP contribution >= 0.6 is 22.6 Å². The summed E-state index contributed by atoms with van der Waals surface area (Å²) in [5, 5.41) is 8.86. The van der Waals surface area contributed by atoms with Crippen molar-refractivity contribution in [1.82, 2.24) is 4.90 Å². The quantitative estimate of drug-likeness (QED) is 0.440. The van der Waals surface area contributed by atoms with Crippen molar-refractivity contribution in [3.8, 4) is 6.07 Å². The molecule has 0 saturated carbocycles. The minimum absolute atomic E-state index is 0.289. The van der Waals surface area contributed by atoms with Crippen LogP contribution < -0.4 is 0 Å². The summed E-state index contributed by atoms with van der Waals surface area (Å²) in [6.45, 7) is 8.65. The molecule has 1 fully saturated rings. The Hall–Kier alpha value is 0.180. The predicted octanol–water partition coefficient (Wildman–Crippen LogP) is 2.25. The largest absolute Gasteiger partial charge is 0.277 e. The number of hydrogen-bond donors (Lipinski definition) is 0. The Balaban J connectivity index is 2.40. The van der Waals surface area contributed by atoms with Gasteiger partial charge in [0.2, 0.25) is 0 Å². The van der Waals surface area contributed by atoms with Crippen molar-refractivity contribution < 1.29 is 0 Å². The van der Waals surface area contributed by atoms with Crippen LogP contribution in [0.3, 0.4) is 0 Å². The fraction of sp³-hybridized carbons (Fsp3) is 0.889. The van der Waals surface area contributed by atoms with Gasteiger partial charge in [-0.25, -0.2) is 0 Å². The Labute approximate surface area is 88.1 Å². The highest BCUT2D eigenvalue weighted by Crippen LogP contribution is 2.33. The van der Waals surface area contributed by atoms with Crippen molar-refractivity contribution in [3.63, 3.8) is 0 Å². The SMILES string of the molecule is CC(C)C1CN(C(C)(I)C#N)C1. The Morgan fingerprint density at radius 1 is 1.58 bits per heavy atom. The highest BCUT2D eigenvalue weighted by atomic mass is 127. The molecule has 0 radical (unpaired) electrons. The highest BCUT2D eigenvalue weighted by Gasteiger charge is 2.39. The van der Waals surface area contributed by atoms with Gasteiger partial charge in [-0.2, -0.15) is 5.26 Å². The van der Waals surface area contributed by atoms with E-state index in [2.05, 4.69) is 47.4 Å². The third-order valence-electron chi connectivity index (χ3n) is 2.65. The number of likely N-dealkylation sites (tertiary alicyclic amines) is 1. The van der Waals surface area contributed by atoms with E-state index in [4.69, 9.17) is 5.26 Å². The van der Waals surface area contributed by atoms with Crippen LogP contribution in [0.1, 0.15) is 20.8 Å². The third kappa shape index (κ3) is 1.91. The zero-order chi connectivity index (χ0) is 9.35. The molecule has 1 heterocycles. The molecule has 0 aromatic rings. The minimum Gasteiger partial charge on any atom is -0.277 e. The van der Waals surface area contributed by atoms with Crippen molar-refractivity contribution >= 4 is 22.6 Å². The number of alkyl halides is 1. The molecule has 2 nitrogen and oxygen atoms in total. The van der Waals surface area contributed by atoms with E-state index >= 15 is 0 Å². The van der Waals surface area contributed by atoms with Crippen LogP contribution in [0.2, 0.25) is 0 Å². The van der Waals surface area contributed by atoms with Crippen LogP contribution in [0.15, 0.2) is 0 Å². The molecule has 0 spiro atoms. The average molecular weight is 278 g/mol. The molecule has 1 unspecified atom stereocenters. The maximum atomic E-state index is 8.86. The lowest BCUT2D eigenvalue weighted by Crippen LogP contribution is -2.56. The first-order valence-electron chi connectivity index (χ1n) is 4.32. The van der Waals surface area contributed by atoms with Crippen LogP contribution in [0, 0.1) is 23.2 Å². The van der Waals surface area contributed by atoms with E-state index in [0.717, 1.165) is 24.9 Å². The van der Waals surface area contributed by atoms with E-state index in [1.807, 2.05) is 6.92 Å². The van der Waals surface area contributed by atoms with E-state index in [1.165, 1.54) is 0 Å². The van der Waals surface area contributed by atoms with E-state index in [-0.39, 0.29) is 3.55 Å². The molecule has 1 saturated heterocycles. The Bertz CT molecular complexity index is 199. The molecule has 3 heteroatoms. The predicted molar refractivity (Wildman–Crippen MR) is 57.9 cm³/mol. The highest BCUT2D eigenvalue weighted by molar-refractivity contribution is 14.1. The zero-order valence-corrected chi connectivity index (χ0v) is 10.00. The van der Waals surface area contributed by atoms with Gasteiger partial charge in [-0.1, -0.05) is 13.8 Å². The molecule has 1 atom stereocenters. The van der Waals surface area contributed by atoms with Crippen LogP contribution in [-0.2, 0) is 0 Å². The second-order valence-electron chi connectivity index (χ2n) is 3.97. The minimum atomic E-state index is -0.289. The Kier molecular flexibility index (Phi) is 3.00. The first-order valence-corrected chi connectivity index (χ1v) is 5.40. The molecule has 1 aliphatic rings. The normalized spacial score (nSPS) is 24.7. The lowest BCUT2D eigenvalue weighted by atomic mass is 9.87. The summed E-state index contributed by atoms with van der Waals surface area (Å²) in [4.78, 5) is 2.23. The van der Waals surface area contributed by atoms with Gasteiger partial charge in [-0.15, -0.1) is 0 Å². The van der Waals surface area contributed by atoms with E-state index in [9.17, 15) is 0 Å². The van der Waals surface area contributed by atoms with Gasteiger partial charge in [0.25, 0.3) is 0 Å². The second kappa shape index (κ2) is 3.51. The molecule has 0 aromatic carbocycles. The van der Waals surface area contributed by atoms with Crippen LogP contribution in [0.5, 0.6) is 0 Å². The molecule has 12 heavy (non-hydrogen) atoms. The maximum Gasteiger partial charge on any atom is 0.158 e. The fourth-order valence-corrected chi connectivity index (χ4v) is 1.74. The number of hydrogen-bond acceptors (Lipinski definition) is 2. The molecule has 0 amide bonds. The van der Waals surface area contributed by atoms with Gasteiger partial charge in [0.15, 0.2) is 3.55 Å². The molecular weight excluding hydrogens is 263 g/mol. The zero-order valence-electron chi connectivity index (χ0n) is 7.84. The number of nitrogens with zero attached hydrogens (tertiary/aromatic N) is 2. The van der Waals surface area contributed by atoms with Gasteiger partial charge in [-0.3, -0.25) is 4.90 Å². The van der Waals surface area contributed by atoms with E-state index in [0.29, 0.717) is 0 Å². The number of nitriles is 1. The summed E-state index contributed by atoms with van der Waals surface area (Å²) >= 11 is 2.22. The smallest absolute Gasteiger partial charge is 0.158 e. The van der Waals surface area contributed by atoms with E-state index < -0.39 is 0 Å². The van der Waals surface area contributed by atoms with Crippen LogP contribution in [-0.4, -0.2) is 21.5 Å².